The van der Waals surface area contributed by atoms with Crippen LogP contribution >= 0.6 is 0 Å². The molecule has 6 unspecified atom stereocenters. The van der Waals surface area contributed by atoms with Crippen LogP contribution in [0.25, 0.3) is 0 Å². The maximum Gasteiger partial charge on any atom is 0.118 e. The molecule has 0 fully saturated rings. The summed E-state index contributed by atoms with van der Waals surface area (Å²) in [4.78, 5) is 0. The number of aryl methyl sites for hydroxylation is 3. The minimum absolute atomic E-state index is 0.172. The lowest BCUT2D eigenvalue weighted by atomic mass is 9.69. The summed E-state index contributed by atoms with van der Waals surface area (Å²) in [6, 6.07) is 19.2. The number of phenols is 3. The van der Waals surface area contributed by atoms with Gasteiger partial charge in [0.05, 0.1) is 0 Å². The minimum Gasteiger partial charge on any atom is -0.508 e. The molecule has 3 N–H and O–H groups in total. The van der Waals surface area contributed by atoms with Gasteiger partial charge in [0, 0.05) is 17.8 Å². The molecule has 57 heavy (non-hydrogen) atoms. The first-order valence-corrected chi connectivity index (χ1v) is 22.8. The Morgan fingerprint density at radius 2 is 0.632 bits per heavy atom. The van der Waals surface area contributed by atoms with Crippen LogP contribution in [0.3, 0.4) is 0 Å². The highest BCUT2D eigenvalue weighted by molar-refractivity contribution is 5.60. The van der Waals surface area contributed by atoms with Crippen molar-refractivity contribution in [2.45, 2.75) is 178 Å². The molecule has 0 spiro atoms. The van der Waals surface area contributed by atoms with E-state index in [1.807, 2.05) is 18.2 Å². The first-order chi connectivity index (χ1) is 27.2. The molecule has 0 amide bonds. The van der Waals surface area contributed by atoms with E-state index < -0.39 is 0 Å². The van der Waals surface area contributed by atoms with E-state index in [4.69, 9.17) is 0 Å². The van der Waals surface area contributed by atoms with Crippen LogP contribution in [0.4, 0.5) is 0 Å². The molecule has 0 saturated carbocycles. The van der Waals surface area contributed by atoms with E-state index in [2.05, 4.69) is 119 Å². The Kier molecular flexibility index (Phi) is 17.2. The fourth-order valence-corrected chi connectivity index (χ4v) is 9.56. The van der Waals surface area contributed by atoms with Gasteiger partial charge in [-0.15, -0.1) is 0 Å². The third-order valence-corrected chi connectivity index (χ3v) is 14.1. The van der Waals surface area contributed by atoms with Crippen LogP contribution in [0.1, 0.15) is 205 Å². The molecular weight excluding hydrogens is 697 g/mol. The Hall–Kier alpha value is -3.72. The van der Waals surface area contributed by atoms with Crippen molar-refractivity contribution in [3.63, 3.8) is 0 Å². The normalized spacial score (nSPS) is 14.9. The van der Waals surface area contributed by atoms with Gasteiger partial charge in [-0.05, 0) is 181 Å². The van der Waals surface area contributed by atoms with E-state index in [0.29, 0.717) is 35.0 Å². The summed E-state index contributed by atoms with van der Waals surface area (Å²) in [6.07, 6.45) is 12.3. The summed E-state index contributed by atoms with van der Waals surface area (Å²) < 4.78 is 0. The van der Waals surface area contributed by atoms with Gasteiger partial charge in [0.1, 0.15) is 17.2 Å². The monoisotopic (exact) mass is 775 g/mol. The molecule has 4 aromatic rings. The Morgan fingerprint density at radius 1 is 0.386 bits per heavy atom. The van der Waals surface area contributed by atoms with E-state index in [0.717, 1.165) is 93.7 Å². The van der Waals surface area contributed by atoms with Gasteiger partial charge in [0.25, 0.3) is 0 Å². The summed E-state index contributed by atoms with van der Waals surface area (Å²) in [5.74, 6) is 3.50. The molecule has 0 bridgehead atoms. The van der Waals surface area contributed by atoms with Crippen molar-refractivity contribution >= 4 is 0 Å². The molecule has 0 aromatic heterocycles. The number of rotatable bonds is 21. The summed E-state index contributed by atoms with van der Waals surface area (Å²) in [5.41, 5.74) is 15.5. The zero-order chi connectivity index (χ0) is 42.0. The molecule has 0 heterocycles. The predicted octanol–water partition coefficient (Wildman–Crippen LogP) is 15.3. The lowest BCUT2D eigenvalue weighted by Crippen LogP contribution is -2.19. The molecule has 3 heteroatoms. The standard InChI is InChI=1S/C54H78O3/c1-13-34(7)19-25-46(43-22-28-49(55)40(16-4)31-43)52-37(10)53(47(26-20-35(8)14-2)44-23-29-50(56)41(17-5)32-44)39(12)54(38(52)11)48(27-21-36(9)15-3)45-24-30-51(57)42(18-6)33-45/h22-24,28-36,46-48,55-57H,13-21,25-27H2,1-12H3. The van der Waals surface area contributed by atoms with Gasteiger partial charge >= 0.3 is 0 Å². The SMILES string of the molecule is CCc1cc(C(CCC(C)CC)c2c(C)c(C(CCC(C)CC)c3ccc(O)c(CC)c3)c(C)c(C(CCC(C)CC)c3ccc(O)c(CC)c3)c2C)ccc1O. The number of aromatic hydroxyl groups is 3. The lowest BCUT2D eigenvalue weighted by molar-refractivity contribution is 0.463. The quantitative estimate of drug-likeness (QED) is 0.0790. The largest absolute Gasteiger partial charge is 0.508 e. The number of hydrogen-bond donors (Lipinski definition) is 3. The molecule has 0 aliphatic carbocycles. The number of hydrogen-bond acceptors (Lipinski definition) is 3. The third kappa shape index (κ3) is 10.9. The lowest BCUT2D eigenvalue weighted by Gasteiger charge is -2.35. The van der Waals surface area contributed by atoms with Gasteiger partial charge in [-0.25, -0.2) is 0 Å². The summed E-state index contributed by atoms with van der Waals surface area (Å²) in [5, 5.41) is 32.7. The van der Waals surface area contributed by atoms with Crippen molar-refractivity contribution in [2.75, 3.05) is 0 Å². The Morgan fingerprint density at radius 3 is 0.842 bits per heavy atom. The molecule has 3 nitrogen and oxygen atoms in total. The molecule has 4 rings (SSSR count). The highest BCUT2D eigenvalue weighted by atomic mass is 16.3. The smallest absolute Gasteiger partial charge is 0.118 e. The number of phenolic OH excluding ortho intramolecular Hbond substituents is 3. The van der Waals surface area contributed by atoms with Crippen molar-refractivity contribution in [3.8, 4) is 17.2 Å². The zero-order valence-corrected chi connectivity index (χ0v) is 38.0. The Labute approximate surface area is 348 Å². The van der Waals surface area contributed by atoms with Crippen LogP contribution in [-0.2, 0) is 19.3 Å². The van der Waals surface area contributed by atoms with Crippen LogP contribution in [0.5, 0.6) is 17.2 Å². The fraction of sp³-hybridized carbons (Fsp3) is 0.556. The van der Waals surface area contributed by atoms with Gasteiger partial charge in [0.2, 0.25) is 0 Å². The highest BCUT2D eigenvalue weighted by Gasteiger charge is 2.32. The van der Waals surface area contributed by atoms with E-state index in [1.165, 1.54) is 50.1 Å². The van der Waals surface area contributed by atoms with Crippen LogP contribution in [0, 0.1) is 38.5 Å². The van der Waals surface area contributed by atoms with Crippen molar-refractivity contribution in [1.82, 2.24) is 0 Å². The molecule has 0 saturated heterocycles. The first kappa shape index (κ1) is 46.0. The maximum absolute atomic E-state index is 10.9. The minimum atomic E-state index is 0.172. The van der Waals surface area contributed by atoms with E-state index in [1.54, 1.807) is 0 Å². The van der Waals surface area contributed by atoms with Gasteiger partial charge in [-0.3, -0.25) is 0 Å². The van der Waals surface area contributed by atoms with Crippen LogP contribution in [-0.4, -0.2) is 15.3 Å². The van der Waals surface area contributed by atoms with Crippen LogP contribution < -0.4 is 0 Å². The maximum atomic E-state index is 10.9. The Bertz CT molecular complexity index is 1660. The van der Waals surface area contributed by atoms with E-state index in [-0.39, 0.29) is 17.8 Å². The molecule has 0 aliphatic heterocycles. The van der Waals surface area contributed by atoms with Gasteiger partial charge in [-0.1, -0.05) is 118 Å². The van der Waals surface area contributed by atoms with E-state index in [9.17, 15) is 15.3 Å². The summed E-state index contributed by atoms with van der Waals surface area (Å²) >= 11 is 0. The molecular formula is C54H78O3. The highest BCUT2D eigenvalue weighted by Crippen LogP contribution is 2.48. The van der Waals surface area contributed by atoms with Crippen molar-refractivity contribution in [1.29, 1.82) is 0 Å². The second kappa shape index (κ2) is 21.3. The van der Waals surface area contributed by atoms with Gasteiger partial charge in [0.15, 0.2) is 0 Å². The van der Waals surface area contributed by atoms with Gasteiger partial charge in [-0.2, -0.15) is 0 Å². The predicted molar refractivity (Wildman–Crippen MR) is 245 cm³/mol. The second-order valence-electron chi connectivity index (χ2n) is 17.8. The van der Waals surface area contributed by atoms with Crippen molar-refractivity contribution in [3.05, 3.63) is 121 Å². The second-order valence-corrected chi connectivity index (χ2v) is 17.8. The molecule has 4 aromatic carbocycles. The van der Waals surface area contributed by atoms with Gasteiger partial charge < -0.3 is 15.3 Å². The van der Waals surface area contributed by atoms with Crippen LogP contribution in [0.15, 0.2) is 54.6 Å². The van der Waals surface area contributed by atoms with Crippen molar-refractivity contribution in [2.24, 2.45) is 17.8 Å². The Balaban J connectivity index is 2.20. The number of benzene rings is 4. The first-order valence-electron chi connectivity index (χ1n) is 22.8. The molecule has 0 radical (unpaired) electrons. The topological polar surface area (TPSA) is 60.7 Å². The summed E-state index contributed by atoms with van der Waals surface area (Å²) in [6.45, 7) is 27.7. The van der Waals surface area contributed by atoms with Crippen molar-refractivity contribution < 1.29 is 15.3 Å². The molecule has 0 aliphatic rings. The average Bonchev–Trinajstić information content (AvgIpc) is 3.21. The van der Waals surface area contributed by atoms with E-state index >= 15 is 0 Å². The zero-order valence-electron chi connectivity index (χ0n) is 38.0. The van der Waals surface area contributed by atoms with Crippen LogP contribution in [0.2, 0.25) is 0 Å². The summed E-state index contributed by atoms with van der Waals surface area (Å²) in [7, 11) is 0. The average molecular weight is 775 g/mol. The third-order valence-electron chi connectivity index (χ3n) is 14.1. The molecule has 6 atom stereocenters. The fourth-order valence-electron chi connectivity index (χ4n) is 9.56. The molecule has 312 valence electrons.